The molecule has 0 N–H and O–H groups in total. The van der Waals surface area contributed by atoms with Crippen LogP contribution in [0.25, 0.3) is 0 Å². The van der Waals surface area contributed by atoms with Gasteiger partial charge in [-0.2, -0.15) is 0 Å². The fourth-order valence-corrected chi connectivity index (χ4v) is 3.43. The van der Waals surface area contributed by atoms with Gasteiger partial charge in [-0.15, -0.1) is 0 Å². The number of aryl methyl sites for hydroxylation is 1. The summed E-state index contributed by atoms with van der Waals surface area (Å²) < 4.78 is 6.30. The van der Waals surface area contributed by atoms with Crippen LogP contribution in [0.1, 0.15) is 21.5 Å². The van der Waals surface area contributed by atoms with Crippen molar-refractivity contribution in [1.82, 2.24) is 0 Å². The number of hydrogen-bond acceptors (Lipinski definition) is 1. The fourth-order valence-electron chi connectivity index (χ4n) is 2.07. The van der Waals surface area contributed by atoms with E-state index in [2.05, 4.69) is 69.1 Å². The third-order valence-electron chi connectivity index (χ3n) is 3.14. The van der Waals surface area contributed by atoms with Crippen LogP contribution < -0.4 is 4.74 Å². The number of halogens is 2. The van der Waals surface area contributed by atoms with E-state index in [4.69, 9.17) is 4.74 Å². The first kappa shape index (κ1) is 14.6. The number of alkyl halides is 1. The van der Waals surface area contributed by atoms with Crippen molar-refractivity contribution < 1.29 is 4.74 Å². The lowest BCUT2D eigenvalue weighted by molar-refractivity contribution is 0.414. The molecule has 2 aromatic rings. The Morgan fingerprint density at radius 2 is 1.79 bits per heavy atom. The van der Waals surface area contributed by atoms with E-state index in [0.717, 1.165) is 16.6 Å². The van der Waals surface area contributed by atoms with Crippen LogP contribution in [0.4, 0.5) is 0 Å². The van der Waals surface area contributed by atoms with Crippen LogP contribution >= 0.6 is 31.9 Å². The van der Waals surface area contributed by atoms with Gasteiger partial charge in [-0.25, -0.2) is 0 Å². The molecule has 0 spiro atoms. The van der Waals surface area contributed by atoms with Crippen molar-refractivity contribution in [3.8, 4) is 5.75 Å². The van der Waals surface area contributed by atoms with Crippen LogP contribution in [0, 0.1) is 6.92 Å². The third-order valence-corrected chi connectivity index (χ3v) is 4.45. The number of ether oxygens (including phenoxy) is 1. The van der Waals surface area contributed by atoms with Crippen LogP contribution in [0.2, 0.25) is 0 Å². The summed E-state index contributed by atoms with van der Waals surface area (Å²) >= 11 is 7.29. The Bertz CT molecular complexity index is 549. The predicted octanol–water partition coefficient (Wildman–Crippen LogP) is 5.44. The summed E-state index contributed by atoms with van der Waals surface area (Å²) in [5, 5.41) is 0. The average Bonchev–Trinajstić information content (AvgIpc) is 2.39. The summed E-state index contributed by atoms with van der Waals surface area (Å²) in [6, 6.07) is 14.6. The van der Waals surface area contributed by atoms with Crippen molar-refractivity contribution in [1.29, 1.82) is 0 Å². The minimum absolute atomic E-state index is 0.328. The third kappa shape index (κ3) is 3.83. The smallest absolute Gasteiger partial charge is 0.118 e. The van der Waals surface area contributed by atoms with E-state index in [1.165, 1.54) is 16.7 Å². The first-order valence-electron chi connectivity index (χ1n) is 6.13. The zero-order valence-corrected chi connectivity index (χ0v) is 14.2. The maximum absolute atomic E-state index is 5.17. The zero-order valence-electron chi connectivity index (χ0n) is 11.0. The summed E-state index contributed by atoms with van der Waals surface area (Å²) in [6.45, 7) is 2.14. The fraction of sp³-hybridized carbons (Fsp3) is 0.250. The van der Waals surface area contributed by atoms with Gasteiger partial charge >= 0.3 is 0 Å². The van der Waals surface area contributed by atoms with Crippen LogP contribution in [0.15, 0.2) is 46.9 Å². The van der Waals surface area contributed by atoms with Crippen molar-refractivity contribution in [2.24, 2.45) is 0 Å². The van der Waals surface area contributed by atoms with Crippen LogP contribution in [-0.4, -0.2) is 7.11 Å². The lowest BCUT2D eigenvalue weighted by Gasteiger charge is -2.14. The molecule has 2 rings (SSSR count). The molecule has 0 fully saturated rings. The minimum Gasteiger partial charge on any atom is -0.497 e. The van der Waals surface area contributed by atoms with Crippen LogP contribution in [0.3, 0.4) is 0 Å². The predicted molar refractivity (Wildman–Crippen MR) is 87.2 cm³/mol. The molecule has 0 aliphatic carbocycles. The highest BCUT2D eigenvalue weighted by molar-refractivity contribution is 9.10. The van der Waals surface area contributed by atoms with Gasteiger partial charge in [0.25, 0.3) is 0 Å². The van der Waals surface area contributed by atoms with Gasteiger partial charge in [0.05, 0.1) is 7.11 Å². The van der Waals surface area contributed by atoms with Crippen molar-refractivity contribution >= 4 is 31.9 Å². The molecule has 0 saturated heterocycles. The summed E-state index contributed by atoms with van der Waals surface area (Å²) in [5.74, 6) is 0.898. The van der Waals surface area contributed by atoms with Crippen molar-refractivity contribution in [3.63, 3.8) is 0 Å². The van der Waals surface area contributed by atoms with Gasteiger partial charge in [0.15, 0.2) is 0 Å². The molecule has 0 aliphatic heterocycles. The van der Waals surface area contributed by atoms with E-state index in [0.29, 0.717) is 4.83 Å². The summed E-state index contributed by atoms with van der Waals surface area (Å²) in [5.41, 5.74) is 3.92. The van der Waals surface area contributed by atoms with Crippen LogP contribution in [0.5, 0.6) is 5.75 Å². The quantitative estimate of drug-likeness (QED) is 0.638. The molecule has 100 valence electrons. The van der Waals surface area contributed by atoms with E-state index < -0.39 is 0 Å². The number of methoxy groups -OCH3 is 1. The normalized spacial score (nSPS) is 12.2. The monoisotopic (exact) mass is 382 g/mol. The van der Waals surface area contributed by atoms with Gasteiger partial charge in [0.2, 0.25) is 0 Å². The Kier molecular flexibility index (Phi) is 5.06. The molecule has 1 unspecified atom stereocenters. The summed E-state index contributed by atoms with van der Waals surface area (Å²) in [6.07, 6.45) is 0.965. The standard InChI is InChI=1S/C16H16Br2O/c1-11-9-13(17)5-8-15(11)16(18)10-12-3-6-14(19-2)7-4-12/h3-9,16H,10H2,1-2H3. The Morgan fingerprint density at radius 3 is 2.37 bits per heavy atom. The highest BCUT2D eigenvalue weighted by Gasteiger charge is 2.11. The second kappa shape index (κ2) is 6.58. The van der Waals surface area contributed by atoms with E-state index in [1.54, 1.807) is 7.11 Å². The highest BCUT2D eigenvalue weighted by Crippen LogP contribution is 2.31. The van der Waals surface area contributed by atoms with Gasteiger partial charge in [0.1, 0.15) is 5.75 Å². The number of rotatable bonds is 4. The second-order valence-corrected chi connectivity index (χ2v) is 6.54. The van der Waals surface area contributed by atoms with E-state index in [9.17, 15) is 0 Å². The van der Waals surface area contributed by atoms with E-state index in [1.807, 2.05) is 12.1 Å². The average molecular weight is 384 g/mol. The maximum Gasteiger partial charge on any atom is 0.118 e. The molecule has 0 saturated carbocycles. The topological polar surface area (TPSA) is 9.23 Å². The molecule has 0 aromatic heterocycles. The molecule has 0 amide bonds. The van der Waals surface area contributed by atoms with Crippen molar-refractivity contribution in [2.75, 3.05) is 7.11 Å². The summed E-state index contributed by atoms with van der Waals surface area (Å²) in [7, 11) is 1.69. The molecular weight excluding hydrogens is 368 g/mol. The molecule has 0 heterocycles. The molecule has 19 heavy (non-hydrogen) atoms. The Hall–Kier alpha value is -0.800. The van der Waals surface area contributed by atoms with Crippen LogP contribution in [-0.2, 0) is 6.42 Å². The van der Waals surface area contributed by atoms with Gasteiger partial charge < -0.3 is 4.74 Å². The highest BCUT2D eigenvalue weighted by atomic mass is 79.9. The Labute approximate surface area is 131 Å². The molecule has 0 radical (unpaired) electrons. The van der Waals surface area contributed by atoms with E-state index >= 15 is 0 Å². The van der Waals surface area contributed by atoms with E-state index in [-0.39, 0.29) is 0 Å². The lowest BCUT2D eigenvalue weighted by Crippen LogP contribution is -1.98. The minimum atomic E-state index is 0.328. The number of hydrogen-bond donors (Lipinski definition) is 0. The SMILES string of the molecule is COc1ccc(CC(Br)c2ccc(Br)cc2C)cc1. The number of benzene rings is 2. The molecule has 2 aromatic carbocycles. The molecule has 0 aliphatic rings. The molecule has 3 heteroatoms. The zero-order chi connectivity index (χ0) is 13.8. The molecule has 0 bridgehead atoms. The second-order valence-electron chi connectivity index (χ2n) is 4.52. The van der Waals surface area contributed by atoms with Gasteiger partial charge in [-0.05, 0) is 54.3 Å². The maximum atomic E-state index is 5.17. The Balaban J connectivity index is 2.13. The lowest BCUT2D eigenvalue weighted by atomic mass is 10.0. The van der Waals surface area contributed by atoms with Gasteiger partial charge in [-0.3, -0.25) is 0 Å². The first-order valence-corrected chi connectivity index (χ1v) is 7.84. The van der Waals surface area contributed by atoms with Gasteiger partial charge in [0, 0.05) is 9.30 Å². The largest absolute Gasteiger partial charge is 0.497 e. The molecular formula is C16H16Br2O. The van der Waals surface area contributed by atoms with Crippen molar-refractivity contribution in [2.45, 2.75) is 18.2 Å². The molecule has 1 atom stereocenters. The summed E-state index contributed by atoms with van der Waals surface area (Å²) in [4.78, 5) is 0.328. The first-order chi connectivity index (χ1) is 9.10. The van der Waals surface area contributed by atoms with Crippen molar-refractivity contribution in [3.05, 3.63) is 63.6 Å². The molecule has 1 nitrogen and oxygen atoms in total. The van der Waals surface area contributed by atoms with Gasteiger partial charge in [-0.1, -0.05) is 50.1 Å². The Morgan fingerprint density at radius 1 is 1.11 bits per heavy atom.